The fourth-order valence-electron chi connectivity index (χ4n) is 1.94. The lowest BCUT2D eigenvalue weighted by Crippen LogP contribution is -2.38. The quantitative estimate of drug-likeness (QED) is 0.691. The Morgan fingerprint density at radius 3 is 2.81 bits per heavy atom. The van der Waals surface area contributed by atoms with Crippen molar-refractivity contribution in [1.29, 1.82) is 0 Å². The minimum Gasteiger partial charge on any atom is -0.344 e. The van der Waals surface area contributed by atoms with Crippen LogP contribution in [0.4, 0.5) is 0 Å². The van der Waals surface area contributed by atoms with Gasteiger partial charge in [0.1, 0.15) is 0 Å². The Labute approximate surface area is 96.8 Å². The SMILES string of the molecule is CCN1CC(C(=O)N(C)CCNC)CC1=O. The topological polar surface area (TPSA) is 52.7 Å². The van der Waals surface area contributed by atoms with Crippen LogP contribution in [0.25, 0.3) is 0 Å². The van der Waals surface area contributed by atoms with Crippen molar-refractivity contribution in [3.63, 3.8) is 0 Å². The standard InChI is InChI=1S/C11H21N3O2/c1-4-14-8-9(7-10(14)15)11(16)13(3)6-5-12-2/h9,12H,4-8H2,1-3H3. The number of likely N-dealkylation sites (tertiary alicyclic amines) is 1. The molecule has 5 nitrogen and oxygen atoms in total. The van der Waals surface area contributed by atoms with Crippen LogP contribution in [0.15, 0.2) is 0 Å². The van der Waals surface area contributed by atoms with Gasteiger partial charge in [-0.05, 0) is 14.0 Å². The molecule has 0 bridgehead atoms. The first kappa shape index (κ1) is 13.0. The maximum Gasteiger partial charge on any atom is 0.227 e. The third-order valence-electron chi connectivity index (χ3n) is 3.02. The van der Waals surface area contributed by atoms with Crippen LogP contribution in [0.1, 0.15) is 13.3 Å². The van der Waals surface area contributed by atoms with Gasteiger partial charge in [-0.2, -0.15) is 0 Å². The van der Waals surface area contributed by atoms with E-state index in [-0.39, 0.29) is 17.7 Å². The van der Waals surface area contributed by atoms with Gasteiger partial charge in [0.2, 0.25) is 11.8 Å². The van der Waals surface area contributed by atoms with Crippen LogP contribution in [0.2, 0.25) is 0 Å². The van der Waals surface area contributed by atoms with E-state index in [0.29, 0.717) is 26.1 Å². The van der Waals surface area contributed by atoms with Gasteiger partial charge in [0.25, 0.3) is 0 Å². The third-order valence-corrected chi connectivity index (χ3v) is 3.02. The molecule has 1 atom stereocenters. The van der Waals surface area contributed by atoms with Gasteiger partial charge >= 0.3 is 0 Å². The van der Waals surface area contributed by atoms with Gasteiger partial charge < -0.3 is 15.1 Å². The largest absolute Gasteiger partial charge is 0.344 e. The molecule has 1 fully saturated rings. The number of hydrogen-bond donors (Lipinski definition) is 1. The Morgan fingerprint density at radius 1 is 1.62 bits per heavy atom. The van der Waals surface area contributed by atoms with E-state index in [1.807, 2.05) is 14.0 Å². The monoisotopic (exact) mass is 227 g/mol. The van der Waals surface area contributed by atoms with E-state index in [0.717, 1.165) is 6.54 Å². The Bertz CT molecular complexity index is 268. The summed E-state index contributed by atoms with van der Waals surface area (Å²) in [6.07, 6.45) is 0.372. The van der Waals surface area contributed by atoms with Crippen molar-refractivity contribution in [3.8, 4) is 0 Å². The maximum absolute atomic E-state index is 12.0. The normalized spacial score (nSPS) is 20.3. The molecule has 0 saturated carbocycles. The lowest BCUT2D eigenvalue weighted by molar-refractivity contribution is -0.134. The zero-order chi connectivity index (χ0) is 12.1. The van der Waals surface area contributed by atoms with Gasteiger partial charge in [-0.15, -0.1) is 0 Å². The molecule has 1 aliphatic heterocycles. The highest BCUT2D eigenvalue weighted by Gasteiger charge is 2.34. The molecule has 1 rings (SSSR count). The second-order valence-electron chi connectivity index (χ2n) is 4.20. The van der Waals surface area contributed by atoms with Crippen LogP contribution in [0.3, 0.4) is 0 Å². The first-order chi connectivity index (χ1) is 7.60. The van der Waals surface area contributed by atoms with E-state index in [1.54, 1.807) is 16.8 Å². The van der Waals surface area contributed by atoms with E-state index >= 15 is 0 Å². The summed E-state index contributed by atoms with van der Waals surface area (Å²) in [6, 6.07) is 0. The molecule has 1 aliphatic rings. The summed E-state index contributed by atoms with van der Waals surface area (Å²) in [5.41, 5.74) is 0. The number of hydrogen-bond acceptors (Lipinski definition) is 3. The van der Waals surface area contributed by atoms with Gasteiger partial charge in [-0.3, -0.25) is 9.59 Å². The van der Waals surface area contributed by atoms with Gasteiger partial charge in [0.05, 0.1) is 5.92 Å². The predicted octanol–water partition coefficient (Wildman–Crippen LogP) is -0.467. The number of nitrogens with zero attached hydrogens (tertiary/aromatic N) is 2. The summed E-state index contributed by atoms with van der Waals surface area (Å²) < 4.78 is 0. The first-order valence-corrected chi connectivity index (χ1v) is 5.77. The van der Waals surface area contributed by atoms with Crippen LogP contribution in [-0.2, 0) is 9.59 Å². The highest BCUT2D eigenvalue weighted by Crippen LogP contribution is 2.19. The number of amides is 2. The van der Waals surface area contributed by atoms with Gasteiger partial charge in [0.15, 0.2) is 0 Å². The second kappa shape index (κ2) is 5.84. The average Bonchev–Trinajstić information content (AvgIpc) is 2.66. The van der Waals surface area contributed by atoms with Crippen molar-refractivity contribution in [2.75, 3.05) is 40.3 Å². The Kier molecular flexibility index (Phi) is 4.73. The third kappa shape index (κ3) is 2.95. The average molecular weight is 227 g/mol. The number of carbonyl (C=O) groups excluding carboxylic acids is 2. The lowest BCUT2D eigenvalue weighted by atomic mass is 10.1. The van der Waals surface area contributed by atoms with Crippen LogP contribution in [0.5, 0.6) is 0 Å². The number of rotatable bonds is 5. The van der Waals surface area contributed by atoms with Crippen molar-refractivity contribution in [3.05, 3.63) is 0 Å². The maximum atomic E-state index is 12.0. The predicted molar refractivity (Wildman–Crippen MR) is 61.9 cm³/mol. The van der Waals surface area contributed by atoms with Crippen LogP contribution >= 0.6 is 0 Å². The van der Waals surface area contributed by atoms with E-state index in [9.17, 15) is 9.59 Å². The zero-order valence-corrected chi connectivity index (χ0v) is 10.3. The molecule has 16 heavy (non-hydrogen) atoms. The highest BCUT2D eigenvalue weighted by atomic mass is 16.2. The summed E-state index contributed by atoms with van der Waals surface area (Å²) in [5, 5.41) is 3.00. The van der Waals surface area contributed by atoms with Crippen molar-refractivity contribution in [1.82, 2.24) is 15.1 Å². The first-order valence-electron chi connectivity index (χ1n) is 5.77. The molecule has 0 aliphatic carbocycles. The molecule has 1 heterocycles. The zero-order valence-electron chi connectivity index (χ0n) is 10.3. The number of carbonyl (C=O) groups is 2. The molecule has 0 spiro atoms. The minimum absolute atomic E-state index is 0.0829. The summed E-state index contributed by atoms with van der Waals surface area (Å²) in [6.45, 7) is 4.68. The molecule has 0 aromatic rings. The van der Waals surface area contributed by atoms with Crippen molar-refractivity contribution in [2.45, 2.75) is 13.3 Å². The van der Waals surface area contributed by atoms with E-state index in [4.69, 9.17) is 0 Å². The molecule has 5 heteroatoms. The van der Waals surface area contributed by atoms with Gasteiger partial charge in [0, 0.05) is 39.6 Å². The van der Waals surface area contributed by atoms with Crippen molar-refractivity contribution < 1.29 is 9.59 Å². The summed E-state index contributed by atoms with van der Waals surface area (Å²) >= 11 is 0. The number of nitrogens with one attached hydrogen (secondary N) is 1. The summed E-state index contributed by atoms with van der Waals surface area (Å²) in [5.74, 6) is 0.0386. The molecule has 0 radical (unpaired) electrons. The molecular formula is C11H21N3O2. The van der Waals surface area contributed by atoms with Crippen molar-refractivity contribution in [2.24, 2.45) is 5.92 Å². The molecule has 2 amide bonds. The molecular weight excluding hydrogens is 206 g/mol. The Hall–Kier alpha value is -1.10. The molecule has 0 aromatic carbocycles. The lowest BCUT2D eigenvalue weighted by Gasteiger charge is -2.20. The molecule has 92 valence electrons. The Balaban J connectivity index is 2.46. The fourth-order valence-corrected chi connectivity index (χ4v) is 1.94. The second-order valence-corrected chi connectivity index (χ2v) is 4.20. The Morgan fingerprint density at radius 2 is 2.31 bits per heavy atom. The van der Waals surface area contributed by atoms with E-state index in [1.165, 1.54) is 0 Å². The van der Waals surface area contributed by atoms with Crippen LogP contribution in [-0.4, -0.2) is 61.9 Å². The molecule has 0 aromatic heterocycles. The fraction of sp³-hybridized carbons (Fsp3) is 0.818. The van der Waals surface area contributed by atoms with Gasteiger partial charge in [-0.1, -0.05) is 0 Å². The molecule has 1 N–H and O–H groups in total. The van der Waals surface area contributed by atoms with E-state index in [2.05, 4.69) is 5.32 Å². The summed E-state index contributed by atoms with van der Waals surface area (Å²) in [4.78, 5) is 26.9. The summed E-state index contributed by atoms with van der Waals surface area (Å²) in [7, 11) is 3.65. The van der Waals surface area contributed by atoms with Crippen molar-refractivity contribution >= 4 is 11.8 Å². The van der Waals surface area contributed by atoms with Gasteiger partial charge in [-0.25, -0.2) is 0 Å². The minimum atomic E-state index is -0.144. The molecule has 1 unspecified atom stereocenters. The van der Waals surface area contributed by atoms with Crippen LogP contribution < -0.4 is 5.32 Å². The smallest absolute Gasteiger partial charge is 0.227 e. The van der Waals surface area contributed by atoms with E-state index < -0.39 is 0 Å². The van der Waals surface area contributed by atoms with Crippen LogP contribution in [0, 0.1) is 5.92 Å². The molecule has 1 saturated heterocycles. The number of likely N-dealkylation sites (N-methyl/N-ethyl adjacent to an activating group) is 2. The highest BCUT2D eigenvalue weighted by molar-refractivity contribution is 5.89.